The zero-order valence-corrected chi connectivity index (χ0v) is 11.2. The van der Waals surface area contributed by atoms with Crippen molar-refractivity contribution in [2.45, 2.75) is 43.9 Å². The summed E-state index contributed by atoms with van der Waals surface area (Å²) in [5.74, 6) is 0. The van der Waals surface area contributed by atoms with E-state index in [-0.39, 0.29) is 6.10 Å². The molecule has 3 atom stereocenters. The van der Waals surface area contributed by atoms with E-state index in [4.69, 9.17) is 4.74 Å². The molecule has 2 N–H and O–H groups in total. The van der Waals surface area contributed by atoms with Gasteiger partial charge in [0.05, 0.1) is 11.7 Å². The Bertz CT molecular complexity index is 364. The largest absolute Gasteiger partial charge is 0.384 e. The van der Waals surface area contributed by atoms with Crippen molar-refractivity contribution >= 4 is 0 Å². The molecule has 1 aliphatic rings. The maximum absolute atomic E-state index is 10.5. The Kier molecular flexibility index (Phi) is 4.38. The van der Waals surface area contributed by atoms with Crippen LogP contribution in [0.5, 0.6) is 0 Å². The van der Waals surface area contributed by atoms with Gasteiger partial charge >= 0.3 is 0 Å². The zero-order chi connectivity index (χ0) is 13.0. The van der Waals surface area contributed by atoms with Gasteiger partial charge < -0.3 is 15.2 Å². The van der Waals surface area contributed by atoms with E-state index in [2.05, 4.69) is 5.32 Å². The van der Waals surface area contributed by atoms with Crippen LogP contribution < -0.4 is 5.32 Å². The Morgan fingerprint density at radius 3 is 2.72 bits per heavy atom. The summed E-state index contributed by atoms with van der Waals surface area (Å²) in [6.45, 7) is 2.41. The summed E-state index contributed by atoms with van der Waals surface area (Å²) < 4.78 is 5.45. The maximum Gasteiger partial charge on any atom is 0.0992 e. The van der Waals surface area contributed by atoms with E-state index in [1.54, 1.807) is 7.11 Å². The quantitative estimate of drug-likeness (QED) is 0.839. The van der Waals surface area contributed by atoms with Crippen molar-refractivity contribution in [3.05, 3.63) is 35.9 Å². The van der Waals surface area contributed by atoms with E-state index in [1.807, 2.05) is 37.3 Å². The molecule has 1 saturated carbocycles. The van der Waals surface area contributed by atoms with Gasteiger partial charge in [-0.25, -0.2) is 0 Å². The molecular weight excluding hydrogens is 226 g/mol. The molecule has 3 unspecified atom stereocenters. The van der Waals surface area contributed by atoms with Crippen LogP contribution in [0.1, 0.15) is 31.7 Å². The van der Waals surface area contributed by atoms with E-state index in [0.29, 0.717) is 12.6 Å². The average Bonchev–Trinajstić information content (AvgIpc) is 2.85. The third-order valence-corrected chi connectivity index (χ3v) is 3.86. The lowest BCUT2D eigenvalue weighted by atomic mass is 9.95. The summed E-state index contributed by atoms with van der Waals surface area (Å²) in [7, 11) is 1.76. The Morgan fingerprint density at radius 2 is 2.06 bits per heavy atom. The van der Waals surface area contributed by atoms with Gasteiger partial charge in [-0.3, -0.25) is 0 Å². The normalized spacial score (nSPS) is 27.1. The number of methoxy groups -OCH3 is 1. The van der Waals surface area contributed by atoms with Crippen molar-refractivity contribution in [1.29, 1.82) is 0 Å². The first-order valence-electron chi connectivity index (χ1n) is 6.67. The summed E-state index contributed by atoms with van der Waals surface area (Å²) in [6.07, 6.45) is 3.73. The molecule has 1 fully saturated rings. The van der Waals surface area contributed by atoms with Crippen molar-refractivity contribution in [3.63, 3.8) is 0 Å². The molecule has 0 heterocycles. The lowest BCUT2D eigenvalue weighted by molar-refractivity contribution is 0.0384. The second-order valence-corrected chi connectivity index (χ2v) is 5.33. The van der Waals surface area contributed by atoms with Gasteiger partial charge in [0.15, 0.2) is 0 Å². The summed E-state index contributed by atoms with van der Waals surface area (Å²) in [5, 5.41) is 13.9. The van der Waals surface area contributed by atoms with E-state index >= 15 is 0 Å². The molecule has 0 amide bonds. The third-order valence-electron chi connectivity index (χ3n) is 3.86. The fourth-order valence-electron chi connectivity index (χ4n) is 2.67. The van der Waals surface area contributed by atoms with E-state index in [0.717, 1.165) is 18.4 Å². The van der Waals surface area contributed by atoms with Crippen LogP contribution in [0.4, 0.5) is 0 Å². The molecule has 18 heavy (non-hydrogen) atoms. The number of nitrogens with one attached hydrogen (secondary N) is 1. The fourth-order valence-corrected chi connectivity index (χ4v) is 2.67. The highest BCUT2D eigenvalue weighted by atomic mass is 16.5. The summed E-state index contributed by atoms with van der Waals surface area (Å²) >= 11 is 0. The summed E-state index contributed by atoms with van der Waals surface area (Å²) in [5.41, 5.74) is 0.117. The van der Waals surface area contributed by atoms with E-state index in [1.165, 1.54) is 6.42 Å². The van der Waals surface area contributed by atoms with Crippen LogP contribution in [0, 0.1) is 0 Å². The molecule has 1 aromatic carbocycles. The first-order chi connectivity index (χ1) is 8.63. The molecule has 2 rings (SSSR count). The molecule has 0 bridgehead atoms. The number of hydrogen-bond acceptors (Lipinski definition) is 3. The van der Waals surface area contributed by atoms with Gasteiger partial charge in [0, 0.05) is 19.7 Å². The lowest BCUT2D eigenvalue weighted by Gasteiger charge is -2.28. The summed E-state index contributed by atoms with van der Waals surface area (Å²) in [4.78, 5) is 0. The van der Waals surface area contributed by atoms with Crippen LogP contribution in [0.15, 0.2) is 30.3 Å². The van der Waals surface area contributed by atoms with Gasteiger partial charge in [-0.1, -0.05) is 30.3 Å². The average molecular weight is 249 g/mol. The molecular formula is C15H23NO2. The first kappa shape index (κ1) is 13.5. The van der Waals surface area contributed by atoms with E-state index in [9.17, 15) is 5.11 Å². The SMILES string of the molecule is COC1CCCC1NCC(C)(O)c1ccccc1. The Labute approximate surface area is 109 Å². The Morgan fingerprint density at radius 1 is 1.33 bits per heavy atom. The zero-order valence-electron chi connectivity index (χ0n) is 11.2. The molecule has 100 valence electrons. The standard InChI is InChI=1S/C15H23NO2/c1-15(17,12-7-4-3-5-8-12)11-16-13-9-6-10-14(13)18-2/h3-5,7-8,13-14,16-17H,6,9-11H2,1-2H3. The maximum atomic E-state index is 10.5. The van der Waals surface area contributed by atoms with Crippen LogP contribution in [-0.2, 0) is 10.3 Å². The molecule has 3 nitrogen and oxygen atoms in total. The fraction of sp³-hybridized carbons (Fsp3) is 0.600. The van der Waals surface area contributed by atoms with Crippen molar-refractivity contribution in [2.24, 2.45) is 0 Å². The minimum Gasteiger partial charge on any atom is -0.384 e. The van der Waals surface area contributed by atoms with Crippen LogP contribution >= 0.6 is 0 Å². The van der Waals surface area contributed by atoms with Gasteiger partial charge in [-0.2, -0.15) is 0 Å². The Hall–Kier alpha value is -0.900. The van der Waals surface area contributed by atoms with Gasteiger partial charge in [-0.15, -0.1) is 0 Å². The number of benzene rings is 1. The van der Waals surface area contributed by atoms with Gasteiger partial charge in [0.1, 0.15) is 0 Å². The predicted octanol–water partition coefficient (Wildman–Crippen LogP) is 2.05. The summed E-state index contributed by atoms with van der Waals surface area (Å²) in [6, 6.07) is 10.2. The molecule has 1 aliphatic carbocycles. The lowest BCUT2D eigenvalue weighted by Crippen LogP contribution is -2.44. The van der Waals surface area contributed by atoms with Gasteiger partial charge in [-0.05, 0) is 31.7 Å². The number of aliphatic hydroxyl groups is 1. The van der Waals surface area contributed by atoms with Crippen molar-refractivity contribution < 1.29 is 9.84 Å². The smallest absolute Gasteiger partial charge is 0.0992 e. The minimum absolute atomic E-state index is 0.288. The molecule has 0 aliphatic heterocycles. The van der Waals surface area contributed by atoms with Crippen LogP contribution in [0.3, 0.4) is 0 Å². The highest BCUT2D eigenvalue weighted by molar-refractivity contribution is 5.21. The third kappa shape index (κ3) is 3.10. The predicted molar refractivity (Wildman–Crippen MR) is 72.5 cm³/mol. The topological polar surface area (TPSA) is 41.5 Å². The highest BCUT2D eigenvalue weighted by Crippen LogP contribution is 2.24. The number of ether oxygens (including phenoxy) is 1. The molecule has 3 heteroatoms. The van der Waals surface area contributed by atoms with Gasteiger partial charge in [0.2, 0.25) is 0 Å². The van der Waals surface area contributed by atoms with Crippen molar-refractivity contribution in [1.82, 2.24) is 5.32 Å². The number of rotatable bonds is 5. The molecule has 1 aromatic rings. The van der Waals surface area contributed by atoms with Gasteiger partial charge in [0.25, 0.3) is 0 Å². The van der Waals surface area contributed by atoms with Crippen molar-refractivity contribution in [2.75, 3.05) is 13.7 Å². The molecule has 0 saturated heterocycles. The number of hydrogen-bond donors (Lipinski definition) is 2. The minimum atomic E-state index is -0.831. The first-order valence-corrected chi connectivity index (χ1v) is 6.67. The van der Waals surface area contributed by atoms with Crippen molar-refractivity contribution in [3.8, 4) is 0 Å². The van der Waals surface area contributed by atoms with Crippen LogP contribution in [-0.4, -0.2) is 30.9 Å². The second kappa shape index (κ2) is 5.83. The Balaban J connectivity index is 1.93. The molecule has 0 spiro atoms. The highest BCUT2D eigenvalue weighted by Gasteiger charge is 2.30. The molecule has 0 aromatic heterocycles. The van der Waals surface area contributed by atoms with Crippen LogP contribution in [0.2, 0.25) is 0 Å². The molecule has 0 radical (unpaired) electrons. The second-order valence-electron chi connectivity index (χ2n) is 5.33. The monoisotopic (exact) mass is 249 g/mol. The van der Waals surface area contributed by atoms with Crippen LogP contribution in [0.25, 0.3) is 0 Å². The van der Waals surface area contributed by atoms with E-state index < -0.39 is 5.60 Å².